The molecule has 3 aliphatic rings. The standard InChI is InChI=1S/C23H25F3N4O3S/c24-23(25,26)14-5-6-19-17(11-14)29(16-3-1-2-4-18(16)34-19)12-15(31)13-30-20(32)22(28-21(30)33)7-9-27-10-8-22/h1-6,11,15,20,27,31-32H,7-10,12-13H2,(H,28,33). The number of alkyl halides is 3. The summed E-state index contributed by atoms with van der Waals surface area (Å²) in [5, 5.41) is 27.9. The number of nitrogens with one attached hydrogen (secondary N) is 2. The molecule has 11 heteroatoms. The first kappa shape index (κ1) is 23.3. The number of urea groups is 1. The van der Waals surface area contributed by atoms with Crippen LogP contribution in [0, 0.1) is 0 Å². The summed E-state index contributed by atoms with van der Waals surface area (Å²) in [5.74, 6) is 0. The Bertz CT molecular complexity index is 1090. The van der Waals surface area contributed by atoms with Gasteiger partial charge in [-0.2, -0.15) is 13.2 Å². The molecule has 2 aromatic carbocycles. The van der Waals surface area contributed by atoms with E-state index < -0.39 is 35.6 Å². The van der Waals surface area contributed by atoms with Gasteiger partial charge in [0.05, 0.1) is 41.7 Å². The minimum atomic E-state index is -4.50. The number of carbonyl (C=O) groups excluding carboxylic acids is 1. The highest BCUT2D eigenvalue weighted by atomic mass is 32.2. The minimum absolute atomic E-state index is 0.0447. The fourth-order valence-corrected chi connectivity index (χ4v) is 5.97. The van der Waals surface area contributed by atoms with E-state index in [1.54, 1.807) is 17.0 Å². The zero-order chi connectivity index (χ0) is 24.1. The summed E-state index contributed by atoms with van der Waals surface area (Å²) >= 11 is 1.37. The number of hydrogen-bond donors (Lipinski definition) is 4. The van der Waals surface area contributed by atoms with E-state index in [2.05, 4.69) is 10.6 Å². The van der Waals surface area contributed by atoms with E-state index in [0.29, 0.717) is 42.2 Å². The lowest BCUT2D eigenvalue weighted by Crippen LogP contribution is -2.56. The van der Waals surface area contributed by atoms with Crippen LogP contribution in [-0.4, -0.2) is 65.2 Å². The fourth-order valence-electron chi connectivity index (χ4n) is 4.90. The molecule has 5 rings (SSSR count). The summed E-state index contributed by atoms with van der Waals surface area (Å²) in [4.78, 5) is 17.0. The van der Waals surface area contributed by atoms with Gasteiger partial charge in [0.25, 0.3) is 0 Å². The van der Waals surface area contributed by atoms with Gasteiger partial charge in [-0.15, -0.1) is 0 Å². The smallest absolute Gasteiger partial charge is 0.389 e. The zero-order valence-electron chi connectivity index (χ0n) is 18.2. The molecule has 0 radical (unpaired) electrons. The molecule has 1 spiro atoms. The average Bonchev–Trinajstić information content (AvgIpc) is 3.02. The lowest BCUT2D eigenvalue weighted by atomic mass is 9.87. The van der Waals surface area contributed by atoms with Crippen molar-refractivity contribution in [2.24, 2.45) is 0 Å². The molecule has 2 atom stereocenters. The Morgan fingerprint density at radius 2 is 1.79 bits per heavy atom. The second-order valence-corrected chi connectivity index (χ2v) is 9.96. The van der Waals surface area contributed by atoms with Crippen molar-refractivity contribution in [1.29, 1.82) is 0 Å². The van der Waals surface area contributed by atoms with E-state index in [1.807, 2.05) is 12.1 Å². The van der Waals surface area contributed by atoms with Gasteiger partial charge >= 0.3 is 12.2 Å². The van der Waals surface area contributed by atoms with Gasteiger partial charge in [0.2, 0.25) is 0 Å². The molecule has 182 valence electrons. The van der Waals surface area contributed by atoms with Crippen molar-refractivity contribution in [3.05, 3.63) is 48.0 Å². The molecule has 7 nitrogen and oxygen atoms in total. The van der Waals surface area contributed by atoms with Gasteiger partial charge in [-0.3, -0.25) is 4.90 Å². The van der Waals surface area contributed by atoms with E-state index in [-0.39, 0.29) is 13.1 Å². The number of fused-ring (bicyclic) bond motifs is 2. The number of nitrogens with zero attached hydrogens (tertiary/aromatic N) is 2. The number of aliphatic hydroxyl groups is 2. The molecule has 3 aliphatic heterocycles. The largest absolute Gasteiger partial charge is 0.416 e. The highest BCUT2D eigenvalue weighted by molar-refractivity contribution is 7.99. The van der Waals surface area contributed by atoms with Crippen molar-refractivity contribution in [1.82, 2.24) is 15.5 Å². The molecule has 0 saturated carbocycles. The SMILES string of the molecule is O=C1NC2(CCNCC2)C(O)N1CC(O)CN1c2ccccc2Sc2ccc(C(F)(F)F)cc21. The highest BCUT2D eigenvalue weighted by Crippen LogP contribution is 2.49. The van der Waals surface area contributed by atoms with E-state index in [1.165, 1.54) is 22.7 Å². The third-order valence-electron chi connectivity index (χ3n) is 6.66. The summed E-state index contributed by atoms with van der Waals surface area (Å²) in [5.41, 5.74) is -0.503. The Hall–Kier alpha value is -2.47. The second kappa shape index (κ2) is 8.63. The maximum Gasteiger partial charge on any atom is 0.416 e. The Kier molecular flexibility index (Phi) is 5.91. The number of hydrogen-bond acceptors (Lipinski definition) is 6. The molecule has 0 aliphatic carbocycles. The number of halogens is 3. The Labute approximate surface area is 198 Å². The number of amides is 2. The number of aliphatic hydroxyl groups excluding tert-OH is 2. The molecule has 3 heterocycles. The van der Waals surface area contributed by atoms with Crippen LogP contribution >= 0.6 is 11.8 Å². The van der Waals surface area contributed by atoms with Crippen LogP contribution in [0.2, 0.25) is 0 Å². The first-order chi connectivity index (χ1) is 16.2. The molecule has 0 aromatic heterocycles. The second-order valence-electron chi connectivity index (χ2n) is 8.88. The van der Waals surface area contributed by atoms with Crippen molar-refractivity contribution in [3.8, 4) is 0 Å². The van der Waals surface area contributed by atoms with Gasteiger partial charge in [-0.05, 0) is 56.3 Å². The number of rotatable bonds is 4. The van der Waals surface area contributed by atoms with E-state index in [4.69, 9.17) is 0 Å². The van der Waals surface area contributed by atoms with Gasteiger partial charge in [0.1, 0.15) is 0 Å². The molecule has 4 N–H and O–H groups in total. The van der Waals surface area contributed by atoms with Crippen LogP contribution in [0.25, 0.3) is 0 Å². The van der Waals surface area contributed by atoms with Crippen LogP contribution in [-0.2, 0) is 6.18 Å². The zero-order valence-corrected chi connectivity index (χ0v) is 19.0. The number of para-hydroxylation sites is 1. The van der Waals surface area contributed by atoms with Crippen LogP contribution in [0.4, 0.5) is 29.3 Å². The van der Waals surface area contributed by atoms with Crippen molar-refractivity contribution < 1.29 is 28.2 Å². The van der Waals surface area contributed by atoms with Crippen LogP contribution in [0.5, 0.6) is 0 Å². The Morgan fingerprint density at radius 3 is 2.53 bits per heavy atom. The molecule has 2 amide bonds. The third-order valence-corrected chi connectivity index (χ3v) is 7.79. The molecular formula is C23H25F3N4O3S. The van der Waals surface area contributed by atoms with Crippen LogP contribution in [0.3, 0.4) is 0 Å². The van der Waals surface area contributed by atoms with Crippen molar-refractivity contribution in [3.63, 3.8) is 0 Å². The molecule has 2 fully saturated rings. The molecule has 2 aromatic rings. The summed E-state index contributed by atoms with van der Waals surface area (Å²) in [6.07, 6.45) is -5.57. The quantitative estimate of drug-likeness (QED) is 0.523. The lowest BCUT2D eigenvalue weighted by Gasteiger charge is -2.38. The van der Waals surface area contributed by atoms with Crippen LogP contribution < -0.4 is 15.5 Å². The normalized spacial score (nSPS) is 22.4. The van der Waals surface area contributed by atoms with Crippen molar-refractivity contribution in [2.75, 3.05) is 31.1 Å². The van der Waals surface area contributed by atoms with Gasteiger partial charge in [0.15, 0.2) is 6.23 Å². The van der Waals surface area contributed by atoms with E-state index >= 15 is 0 Å². The highest BCUT2D eigenvalue weighted by Gasteiger charge is 2.51. The predicted molar refractivity (Wildman–Crippen MR) is 121 cm³/mol. The van der Waals surface area contributed by atoms with Crippen LogP contribution in [0.15, 0.2) is 52.3 Å². The topological polar surface area (TPSA) is 88.1 Å². The summed E-state index contributed by atoms with van der Waals surface area (Å²) < 4.78 is 40.2. The maximum absolute atomic E-state index is 13.4. The van der Waals surface area contributed by atoms with E-state index in [9.17, 15) is 28.2 Å². The minimum Gasteiger partial charge on any atom is -0.389 e. The lowest BCUT2D eigenvalue weighted by molar-refractivity contribution is -0.137. The molecular weight excluding hydrogens is 469 g/mol. The first-order valence-electron chi connectivity index (χ1n) is 11.1. The third kappa shape index (κ3) is 4.10. The van der Waals surface area contributed by atoms with Crippen molar-refractivity contribution in [2.45, 2.75) is 46.7 Å². The van der Waals surface area contributed by atoms with Crippen molar-refractivity contribution >= 4 is 29.2 Å². The summed E-state index contributed by atoms with van der Waals surface area (Å²) in [7, 11) is 0. The number of anilines is 2. The van der Waals surface area contributed by atoms with Gasteiger partial charge in [0, 0.05) is 9.79 Å². The van der Waals surface area contributed by atoms with Gasteiger partial charge in [-0.25, -0.2) is 4.79 Å². The number of piperidine rings is 1. The Morgan fingerprint density at radius 1 is 1.09 bits per heavy atom. The summed E-state index contributed by atoms with van der Waals surface area (Å²) in [6, 6.07) is 10.4. The predicted octanol–water partition coefficient (Wildman–Crippen LogP) is 3.13. The number of β-amino-alcohol motifs (C(OH)–C–C–N with tert-alkyl or cyclic N) is 1. The van der Waals surface area contributed by atoms with E-state index in [0.717, 1.165) is 17.0 Å². The molecule has 2 saturated heterocycles. The fraction of sp³-hybridized carbons (Fsp3) is 0.435. The maximum atomic E-state index is 13.4. The molecule has 34 heavy (non-hydrogen) atoms. The molecule has 2 unspecified atom stereocenters. The first-order valence-corrected chi connectivity index (χ1v) is 11.9. The van der Waals surface area contributed by atoms with Gasteiger partial charge < -0.3 is 25.7 Å². The monoisotopic (exact) mass is 494 g/mol. The Balaban J connectivity index is 1.40. The molecule has 0 bridgehead atoms. The number of carbonyl (C=O) groups is 1. The van der Waals surface area contributed by atoms with Gasteiger partial charge in [-0.1, -0.05) is 23.9 Å². The summed E-state index contributed by atoms with van der Waals surface area (Å²) in [6.45, 7) is 1.13. The van der Waals surface area contributed by atoms with Crippen LogP contribution in [0.1, 0.15) is 18.4 Å². The number of benzene rings is 2. The average molecular weight is 495 g/mol.